The van der Waals surface area contributed by atoms with Gasteiger partial charge in [0.25, 0.3) is 0 Å². The monoisotopic (exact) mass is 503 g/mol. The van der Waals surface area contributed by atoms with Crippen molar-refractivity contribution in [3.8, 4) is 5.75 Å². The predicted molar refractivity (Wildman–Crippen MR) is 109 cm³/mol. The second-order valence-corrected chi connectivity index (χ2v) is 8.91. The maximum absolute atomic E-state index is 13.4. The van der Waals surface area contributed by atoms with Gasteiger partial charge in [0.05, 0.1) is 0 Å². The van der Waals surface area contributed by atoms with Crippen LogP contribution in [0.2, 0.25) is 0 Å². The Morgan fingerprint density at radius 1 is 1.06 bits per heavy atom. The molecule has 0 spiro atoms. The average Bonchev–Trinajstić information content (AvgIpc) is 3.29. The van der Waals surface area contributed by atoms with Crippen molar-refractivity contribution in [1.82, 2.24) is 19.6 Å². The van der Waals surface area contributed by atoms with Crippen LogP contribution in [0.25, 0.3) is 5.65 Å². The van der Waals surface area contributed by atoms with E-state index in [0.29, 0.717) is 31.0 Å². The zero-order valence-corrected chi connectivity index (χ0v) is 18.1. The van der Waals surface area contributed by atoms with Gasteiger partial charge >= 0.3 is 18.7 Å². The number of hydrogen-bond donors (Lipinski definition) is 0. The van der Waals surface area contributed by atoms with Crippen LogP contribution in [0.5, 0.6) is 5.75 Å². The maximum atomic E-state index is 13.4. The summed E-state index contributed by atoms with van der Waals surface area (Å²) < 4.78 is 96.0. The van der Waals surface area contributed by atoms with Gasteiger partial charge in [-0.05, 0) is 54.9 Å². The molecular weight excluding hydrogens is 483 g/mol. The summed E-state index contributed by atoms with van der Waals surface area (Å²) >= 11 is 0. The number of aromatic nitrogens is 4. The van der Waals surface area contributed by atoms with E-state index in [0.717, 1.165) is 25.1 Å². The predicted octanol–water partition coefficient (Wildman–Crippen LogP) is 5.08. The summed E-state index contributed by atoms with van der Waals surface area (Å²) in [5.74, 6) is 0.577. The minimum absolute atomic E-state index is 0.0179. The third-order valence-electron chi connectivity index (χ3n) is 6.70. The highest BCUT2D eigenvalue weighted by Gasteiger charge is 2.44. The first-order valence-electron chi connectivity index (χ1n) is 11.0. The van der Waals surface area contributed by atoms with Crippen molar-refractivity contribution in [2.45, 2.75) is 38.0 Å². The smallest absolute Gasteiger partial charge is 0.448 e. The maximum Gasteiger partial charge on any atom is 0.457 e. The Bertz CT molecular complexity index is 1200. The molecule has 0 radical (unpaired) electrons. The first-order chi connectivity index (χ1) is 16.5. The molecule has 4 heterocycles. The van der Waals surface area contributed by atoms with Crippen molar-refractivity contribution in [2.24, 2.45) is 17.8 Å². The molecule has 188 valence electrons. The average molecular weight is 503 g/mol. The fourth-order valence-corrected chi connectivity index (χ4v) is 5.14. The molecule has 5 rings (SSSR count). The zero-order valence-electron chi connectivity index (χ0n) is 18.1. The number of fused-ring (bicyclic) bond motifs is 3. The van der Waals surface area contributed by atoms with Crippen molar-refractivity contribution >= 4 is 11.3 Å². The summed E-state index contributed by atoms with van der Waals surface area (Å²) in [7, 11) is 0. The topological polar surface area (TPSA) is 55.6 Å². The molecule has 1 aliphatic heterocycles. The molecule has 3 aromatic rings. The lowest BCUT2D eigenvalue weighted by molar-refractivity contribution is -0.236. The molecule has 1 saturated carbocycles. The largest absolute Gasteiger partial charge is 0.457 e. The first kappa shape index (κ1) is 23.6. The molecule has 4 atom stereocenters. The molecule has 0 aromatic carbocycles. The lowest BCUT2D eigenvalue weighted by atomic mass is 9.82. The lowest BCUT2D eigenvalue weighted by Crippen LogP contribution is -2.43. The molecule has 13 heteroatoms. The molecule has 0 amide bonds. The Labute approximate surface area is 194 Å². The van der Waals surface area contributed by atoms with Gasteiger partial charge in [-0.1, -0.05) is 0 Å². The number of alkyl halides is 7. The van der Waals surface area contributed by atoms with Crippen molar-refractivity contribution in [1.29, 1.82) is 0 Å². The van der Waals surface area contributed by atoms with Gasteiger partial charge in [-0.25, -0.2) is 9.50 Å². The van der Waals surface area contributed by atoms with Crippen molar-refractivity contribution in [3.05, 3.63) is 48.2 Å². The third-order valence-corrected chi connectivity index (χ3v) is 6.70. The highest BCUT2D eigenvalue weighted by Crippen LogP contribution is 2.45. The van der Waals surface area contributed by atoms with Crippen LogP contribution in [0.1, 0.15) is 24.4 Å². The van der Waals surface area contributed by atoms with Gasteiger partial charge < -0.3 is 9.64 Å². The van der Waals surface area contributed by atoms with Gasteiger partial charge in [-0.3, -0.25) is 4.98 Å². The highest BCUT2D eigenvalue weighted by molar-refractivity contribution is 5.53. The Morgan fingerprint density at radius 3 is 2.43 bits per heavy atom. The number of hydrogen-bond acceptors (Lipinski definition) is 5. The quantitative estimate of drug-likeness (QED) is 0.455. The molecule has 1 aliphatic carbocycles. The fraction of sp³-hybridized carbons (Fsp3) is 0.500. The van der Waals surface area contributed by atoms with Gasteiger partial charge in [0.2, 0.25) is 0 Å². The van der Waals surface area contributed by atoms with Gasteiger partial charge in [-0.2, -0.15) is 35.8 Å². The molecule has 1 unspecified atom stereocenters. The van der Waals surface area contributed by atoms with Crippen LogP contribution < -0.4 is 9.64 Å². The molecule has 35 heavy (non-hydrogen) atoms. The number of piperidine rings is 1. The number of anilines is 1. The minimum atomic E-state index is -5.17. The zero-order chi connectivity index (χ0) is 25.0. The van der Waals surface area contributed by atoms with Crippen LogP contribution in [-0.2, 0) is 12.6 Å². The molecule has 0 N–H and O–H groups in total. The summed E-state index contributed by atoms with van der Waals surface area (Å²) in [5.41, 5.74) is -0.478. The second kappa shape index (κ2) is 8.52. The highest BCUT2D eigenvalue weighted by atomic mass is 19.4. The standard InChI is InChI=1S/C22H20F7N5O/c23-20(22(27,28)29)35-16-2-1-7-34-19(16)31-18(32-34)9-15-12-3-4-13(15)11-33(10-12)14-5-6-30-17(8-14)21(24,25)26/h1-2,5-8,12-13,15,20H,3-4,9-11H2/t12-,13+,15?,20-/m0/s1. The van der Waals surface area contributed by atoms with E-state index in [1.807, 2.05) is 4.90 Å². The normalized spacial score (nSPS) is 23.6. The van der Waals surface area contributed by atoms with Crippen LogP contribution >= 0.6 is 0 Å². The van der Waals surface area contributed by atoms with Crippen LogP contribution in [0.4, 0.5) is 36.4 Å². The van der Waals surface area contributed by atoms with E-state index in [2.05, 4.69) is 19.8 Å². The van der Waals surface area contributed by atoms with Crippen molar-refractivity contribution in [2.75, 3.05) is 18.0 Å². The molecular formula is C22H20F7N5O. The Hall–Kier alpha value is -3.12. The Kier molecular flexibility index (Phi) is 5.75. The molecule has 6 nitrogen and oxygen atoms in total. The lowest BCUT2D eigenvalue weighted by Gasteiger charge is -2.39. The van der Waals surface area contributed by atoms with E-state index in [1.165, 1.54) is 22.8 Å². The van der Waals surface area contributed by atoms with Crippen LogP contribution in [-0.4, -0.2) is 45.2 Å². The summed E-state index contributed by atoms with van der Waals surface area (Å²) in [6, 6.07) is 5.21. The van der Waals surface area contributed by atoms with E-state index >= 15 is 0 Å². The number of rotatable bonds is 5. The van der Waals surface area contributed by atoms with Gasteiger partial charge in [0.1, 0.15) is 5.69 Å². The van der Waals surface area contributed by atoms with Crippen molar-refractivity contribution in [3.63, 3.8) is 0 Å². The van der Waals surface area contributed by atoms with E-state index in [4.69, 9.17) is 0 Å². The SMILES string of the molecule is F[C@@H](Oc1cccn2nc(CC3[C@@H]4CC[C@H]3CN(c3ccnc(C(F)(F)F)c3)C4)nc12)C(F)(F)F. The van der Waals surface area contributed by atoms with Gasteiger partial charge in [-0.15, -0.1) is 0 Å². The summed E-state index contributed by atoms with van der Waals surface area (Å²) in [6.07, 6.45) is -8.27. The Morgan fingerprint density at radius 2 is 1.77 bits per heavy atom. The van der Waals surface area contributed by atoms with E-state index in [-0.39, 0.29) is 29.2 Å². The molecule has 3 aromatic heterocycles. The molecule has 2 fully saturated rings. The van der Waals surface area contributed by atoms with Crippen LogP contribution in [0, 0.1) is 17.8 Å². The summed E-state index contributed by atoms with van der Waals surface area (Å²) in [6.45, 7) is 1.14. The van der Waals surface area contributed by atoms with Crippen LogP contribution in [0.15, 0.2) is 36.7 Å². The molecule has 1 saturated heterocycles. The van der Waals surface area contributed by atoms with Gasteiger partial charge in [0, 0.05) is 37.6 Å². The number of halogens is 7. The second-order valence-electron chi connectivity index (χ2n) is 8.91. The summed E-state index contributed by atoms with van der Waals surface area (Å²) in [4.78, 5) is 9.66. The number of nitrogens with zero attached hydrogens (tertiary/aromatic N) is 5. The van der Waals surface area contributed by atoms with Gasteiger partial charge in [0.15, 0.2) is 17.2 Å². The molecule has 2 bridgehead atoms. The number of ether oxygens (including phenoxy) is 1. The van der Waals surface area contributed by atoms with E-state index in [1.54, 1.807) is 6.07 Å². The first-order valence-corrected chi connectivity index (χ1v) is 11.0. The minimum Gasteiger partial charge on any atom is -0.448 e. The van der Waals surface area contributed by atoms with Crippen LogP contribution in [0.3, 0.4) is 0 Å². The van der Waals surface area contributed by atoms with Crippen molar-refractivity contribution < 1.29 is 35.5 Å². The van der Waals surface area contributed by atoms with E-state index < -0.39 is 24.4 Å². The molecule has 2 aliphatic rings. The fourth-order valence-electron chi connectivity index (χ4n) is 5.14. The number of pyridine rings is 2. The summed E-state index contributed by atoms with van der Waals surface area (Å²) in [5, 5.41) is 4.32. The third kappa shape index (κ3) is 4.72. The Balaban J connectivity index is 1.32. The van der Waals surface area contributed by atoms with E-state index in [9.17, 15) is 30.7 Å².